The molecule has 0 bridgehead atoms. The second-order valence-corrected chi connectivity index (χ2v) is 14.8. The number of ether oxygens (including phenoxy) is 1. The Balaban J connectivity index is 2.13. The Morgan fingerprint density at radius 2 is 1.42 bits per heavy atom. The SMILES string of the molecule is CCCCCCCCc1cc(CCCCCCCC)c(C(=O)OCC)c(C(=O)ON2C(C)=C(CCC#N)[C@@H](c3ccc(F)cc3)C(CC)=C2C(C)C)c1. The van der Waals surface area contributed by atoms with Crippen molar-refractivity contribution in [1.82, 2.24) is 5.06 Å². The number of hydrogen-bond donors (Lipinski definition) is 0. The van der Waals surface area contributed by atoms with E-state index >= 15 is 0 Å². The average Bonchev–Trinajstić information content (AvgIpc) is 3.14. The molecule has 0 spiro atoms. The number of unbranched alkanes of at least 4 members (excludes halogenated alkanes) is 10. The molecule has 2 aromatic rings. The van der Waals surface area contributed by atoms with Crippen molar-refractivity contribution in [2.24, 2.45) is 5.92 Å². The normalized spacial score (nSPS) is 14.6. The second-order valence-electron chi connectivity index (χ2n) is 14.8. The van der Waals surface area contributed by atoms with E-state index in [1.54, 1.807) is 24.1 Å². The van der Waals surface area contributed by atoms with Crippen LogP contribution in [-0.4, -0.2) is 23.6 Å². The van der Waals surface area contributed by atoms with Crippen molar-refractivity contribution in [3.05, 3.63) is 92.6 Å². The predicted octanol–water partition coefficient (Wildman–Crippen LogP) is 12.9. The highest BCUT2D eigenvalue weighted by Crippen LogP contribution is 2.47. The maximum Gasteiger partial charge on any atom is 0.364 e. The van der Waals surface area contributed by atoms with Crippen LogP contribution in [0.15, 0.2) is 58.9 Å². The lowest BCUT2D eigenvalue weighted by Gasteiger charge is -2.40. The van der Waals surface area contributed by atoms with Crippen LogP contribution in [-0.2, 0) is 22.4 Å². The second kappa shape index (κ2) is 23.0. The fraction of sp³-hybridized carbons (Fsp3) is 0.587. The number of nitrogens with zero attached hydrogens (tertiary/aromatic N) is 2. The van der Waals surface area contributed by atoms with Crippen LogP contribution >= 0.6 is 0 Å². The van der Waals surface area contributed by atoms with Gasteiger partial charge >= 0.3 is 11.9 Å². The Kier molecular flexibility index (Phi) is 18.9. The molecule has 53 heavy (non-hydrogen) atoms. The molecule has 1 heterocycles. The molecular weight excluding hydrogens is 664 g/mol. The summed E-state index contributed by atoms with van der Waals surface area (Å²) in [6, 6.07) is 12.8. The zero-order valence-corrected chi connectivity index (χ0v) is 33.8. The monoisotopic (exact) mass is 728 g/mol. The minimum Gasteiger partial charge on any atom is -0.462 e. The largest absolute Gasteiger partial charge is 0.462 e. The molecule has 0 radical (unpaired) electrons. The van der Waals surface area contributed by atoms with E-state index in [9.17, 15) is 19.2 Å². The maximum atomic E-state index is 14.7. The molecule has 0 amide bonds. The summed E-state index contributed by atoms with van der Waals surface area (Å²) in [6.07, 6.45) is 16.6. The van der Waals surface area contributed by atoms with Gasteiger partial charge in [-0.3, -0.25) is 0 Å². The van der Waals surface area contributed by atoms with Gasteiger partial charge < -0.3 is 9.57 Å². The van der Waals surface area contributed by atoms with Crippen molar-refractivity contribution in [3.8, 4) is 6.07 Å². The Bertz CT molecular complexity index is 1580. The first-order chi connectivity index (χ1) is 25.6. The molecule has 2 aromatic carbocycles. The van der Waals surface area contributed by atoms with Gasteiger partial charge in [0.05, 0.1) is 35.2 Å². The first kappa shape index (κ1) is 43.5. The van der Waals surface area contributed by atoms with Gasteiger partial charge in [-0.25, -0.2) is 14.0 Å². The number of hydroxylamine groups is 2. The van der Waals surface area contributed by atoms with Crippen molar-refractivity contribution in [2.75, 3.05) is 6.61 Å². The summed E-state index contributed by atoms with van der Waals surface area (Å²) in [6.45, 7) is 14.6. The molecular formula is C46H65FN2O4. The lowest BCUT2D eigenvalue weighted by Crippen LogP contribution is -2.35. The fourth-order valence-electron chi connectivity index (χ4n) is 7.74. The molecule has 0 N–H and O–H groups in total. The number of aryl methyl sites for hydroxylation is 2. The van der Waals surface area contributed by atoms with Gasteiger partial charge in [0.25, 0.3) is 0 Å². The third-order valence-electron chi connectivity index (χ3n) is 10.4. The van der Waals surface area contributed by atoms with Crippen LogP contribution in [0.25, 0.3) is 0 Å². The van der Waals surface area contributed by atoms with Crippen LogP contribution in [0.4, 0.5) is 4.39 Å². The van der Waals surface area contributed by atoms with E-state index in [-0.39, 0.29) is 36.2 Å². The number of hydrogen-bond acceptors (Lipinski definition) is 6. The van der Waals surface area contributed by atoms with Crippen LogP contribution in [0.2, 0.25) is 0 Å². The summed E-state index contributed by atoms with van der Waals surface area (Å²) in [4.78, 5) is 34.8. The molecule has 0 aromatic heterocycles. The zero-order chi connectivity index (χ0) is 38.8. The molecule has 0 saturated heterocycles. The molecule has 0 fully saturated rings. The lowest BCUT2D eigenvalue weighted by molar-refractivity contribution is -0.0682. The minimum absolute atomic E-state index is 0.0278. The fourth-order valence-corrected chi connectivity index (χ4v) is 7.74. The van der Waals surface area contributed by atoms with E-state index in [1.165, 1.54) is 57.1 Å². The smallest absolute Gasteiger partial charge is 0.364 e. The van der Waals surface area contributed by atoms with Crippen LogP contribution in [0.1, 0.15) is 188 Å². The summed E-state index contributed by atoms with van der Waals surface area (Å²) >= 11 is 0. The Morgan fingerprint density at radius 3 is 1.98 bits per heavy atom. The van der Waals surface area contributed by atoms with Crippen molar-refractivity contribution >= 4 is 11.9 Å². The summed E-state index contributed by atoms with van der Waals surface area (Å²) < 4.78 is 19.7. The van der Waals surface area contributed by atoms with E-state index in [2.05, 4.69) is 46.8 Å². The number of carbonyl (C=O) groups is 2. The molecule has 6 nitrogen and oxygen atoms in total. The van der Waals surface area contributed by atoms with Gasteiger partial charge in [-0.2, -0.15) is 10.3 Å². The van der Waals surface area contributed by atoms with E-state index < -0.39 is 11.9 Å². The van der Waals surface area contributed by atoms with Crippen LogP contribution in [0.5, 0.6) is 0 Å². The van der Waals surface area contributed by atoms with Crippen molar-refractivity contribution < 1.29 is 23.6 Å². The van der Waals surface area contributed by atoms with E-state index in [4.69, 9.17) is 9.57 Å². The van der Waals surface area contributed by atoms with Gasteiger partial charge in [0.1, 0.15) is 5.82 Å². The number of halogens is 1. The highest BCUT2D eigenvalue weighted by Gasteiger charge is 2.37. The molecule has 290 valence electrons. The van der Waals surface area contributed by atoms with E-state index in [0.717, 1.165) is 77.8 Å². The number of rotatable bonds is 23. The lowest BCUT2D eigenvalue weighted by atomic mass is 9.76. The zero-order valence-electron chi connectivity index (χ0n) is 33.8. The Morgan fingerprint density at radius 1 is 0.811 bits per heavy atom. The molecule has 0 aliphatic carbocycles. The van der Waals surface area contributed by atoms with Gasteiger partial charge in [-0.15, -0.1) is 0 Å². The number of allylic oxidation sites excluding steroid dienone is 4. The van der Waals surface area contributed by atoms with Crippen LogP contribution < -0.4 is 0 Å². The van der Waals surface area contributed by atoms with Gasteiger partial charge in [0, 0.05) is 12.3 Å². The van der Waals surface area contributed by atoms with Gasteiger partial charge in [0.15, 0.2) is 0 Å². The van der Waals surface area contributed by atoms with Crippen LogP contribution in [0.3, 0.4) is 0 Å². The third-order valence-corrected chi connectivity index (χ3v) is 10.4. The van der Waals surface area contributed by atoms with E-state index in [0.29, 0.717) is 24.8 Å². The summed E-state index contributed by atoms with van der Waals surface area (Å²) in [7, 11) is 0. The third kappa shape index (κ3) is 12.3. The first-order valence-electron chi connectivity index (χ1n) is 20.5. The minimum atomic E-state index is -0.602. The quantitative estimate of drug-likeness (QED) is 0.0837. The molecule has 0 saturated carbocycles. The number of benzene rings is 2. The average molecular weight is 729 g/mol. The molecule has 1 atom stereocenters. The van der Waals surface area contributed by atoms with Crippen molar-refractivity contribution in [1.29, 1.82) is 5.26 Å². The highest BCUT2D eigenvalue weighted by molar-refractivity contribution is 6.04. The molecule has 3 rings (SSSR count). The topological polar surface area (TPSA) is 79.6 Å². The van der Waals surface area contributed by atoms with Crippen molar-refractivity contribution in [2.45, 2.75) is 164 Å². The van der Waals surface area contributed by atoms with Gasteiger partial charge in [-0.05, 0) is 104 Å². The standard InChI is InChI=1S/C46H65FN2O4/c1-8-12-14-16-18-20-23-35-31-37(24-21-19-17-15-13-9-2)43(46(51)52-11-4)41(32-35)45(50)53-49-34(7)40(25-22-30-48)42(36-26-28-38(47)29-27-36)39(10-3)44(49)33(5)6/h26-29,31-33,42H,8-25H2,1-7H3/t42-/m0/s1. The summed E-state index contributed by atoms with van der Waals surface area (Å²) in [5, 5.41) is 11.3. The maximum absolute atomic E-state index is 14.7. The molecule has 1 aliphatic heterocycles. The Hall–Kier alpha value is -3.92. The van der Waals surface area contributed by atoms with Crippen LogP contribution in [0, 0.1) is 23.1 Å². The molecule has 0 unspecified atom stereocenters. The summed E-state index contributed by atoms with van der Waals surface area (Å²) in [5.74, 6) is -1.62. The van der Waals surface area contributed by atoms with Gasteiger partial charge in [-0.1, -0.05) is 117 Å². The number of esters is 1. The predicted molar refractivity (Wildman–Crippen MR) is 213 cm³/mol. The highest BCUT2D eigenvalue weighted by atomic mass is 19.1. The number of carbonyl (C=O) groups excluding carboxylic acids is 2. The first-order valence-corrected chi connectivity index (χ1v) is 20.5. The van der Waals surface area contributed by atoms with Crippen molar-refractivity contribution in [3.63, 3.8) is 0 Å². The Labute approximate surface area is 319 Å². The molecule has 1 aliphatic rings. The molecule has 7 heteroatoms. The van der Waals surface area contributed by atoms with E-state index in [1.807, 2.05) is 13.0 Å². The number of nitriles is 1. The van der Waals surface area contributed by atoms with Gasteiger partial charge in [0.2, 0.25) is 0 Å². The summed E-state index contributed by atoms with van der Waals surface area (Å²) in [5.41, 5.74) is 6.97.